The fourth-order valence-electron chi connectivity index (χ4n) is 2.28. The molecule has 0 spiro atoms. The molecule has 2 aromatic carbocycles. The van der Waals surface area contributed by atoms with Crippen LogP contribution in [0.2, 0.25) is 5.02 Å². The van der Waals surface area contributed by atoms with E-state index in [-0.39, 0.29) is 0 Å². The van der Waals surface area contributed by atoms with E-state index < -0.39 is 26.6 Å². The molecule has 136 valence electrons. The molecule has 26 heavy (non-hydrogen) atoms. The minimum Gasteiger partial charge on any atom is -0.486 e. The van der Waals surface area contributed by atoms with E-state index in [2.05, 4.69) is 0 Å². The van der Waals surface area contributed by atoms with Gasteiger partial charge >= 0.3 is 0 Å². The summed E-state index contributed by atoms with van der Waals surface area (Å²) in [6.45, 7) is 0.760. The Kier molecular flexibility index (Phi) is 5.15. The van der Waals surface area contributed by atoms with Crippen molar-refractivity contribution in [3.8, 4) is 11.5 Å². The molecule has 0 saturated heterocycles. The summed E-state index contributed by atoms with van der Waals surface area (Å²) in [5, 5.41) is 0.307. The van der Waals surface area contributed by atoms with Crippen LogP contribution in [0.4, 0.5) is 4.39 Å². The van der Waals surface area contributed by atoms with Gasteiger partial charge in [0.05, 0.1) is 5.02 Å². The second kappa shape index (κ2) is 7.35. The molecule has 2 aromatic rings. The quantitative estimate of drug-likeness (QED) is 0.802. The van der Waals surface area contributed by atoms with Crippen LogP contribution in [-0.4, -0.2) is 27.5 Å². The highest BCUT2D eigenvalue weighted by Gasteiger charge is 2.20. The molecule has 6 nitrogen and oxygen atoms in total. The van der Waals surface area contributed by atoms with E-state index in [4.69, 9.17) is 21.1 Å². The van der Waals surface area contributed by atoms with Gasteiger partial charge in [0.1, 0.15) is 23.9 Å². The number of carbonyl (C=O) groups is 1. The topological polar surface area (TPSA) is 81.7 Å². The number of amides is 1. The van der Waals surface area contributed by atoms with E-state index in [0.717, 1.165) is 18.2 Å². The maximum Gasteiger partial charge on any atom is 0.267 e. The molecule has 0 saturated carbocycles. The highest BCUT2D eigenvalue weighted by Crippen LogP contribution is 2.38. The van der Waals surface area contributed by atoms with Crippen LogP contribution in [0.5, 0.6) is 11.5 Å². The second-order valence-electron chi connectivity index (χ2n) is 5.26. The SMILES string of the molecule is O=C(C=Cc1cc(Cl)c2c(c1)OCCO2)NS(=O)(=O)c1ccccc1F. The Balaban J connectivity index is 1.76. The van der Waals surface area contributed by atoms with E-state index in [0.29, 0.717) is 35.3 Å². The van der Waals surface area contributed by atoms with Crippen LogP contribution in [0.1, 0.15) is 5.56 Å². The molecule has 0 aliphatic carbocycles. The third-order valence-corrected chi connectivity index (χ3v) is 5.07. The zero-order valence-electron chi connectivity index (χ0n) is 13.2. The summed E-state index contributed by atoms with van der Waals surface area (Å²) < 4.78 is 50.3. The average Bonchev–Trinajstić information content (AvgIpc) is 2.60. The van der Waals surface area contributed by atoms with Crippen molar-refractivity contribution in [2.24, 2.45) is 0 Å². The van der Waals surface area contributed by atoms with Gasteiger partial charge in [-0.3, -0.25) is 4.79 Å². The zero-order chi connectivity index (χ0) is 18.7. The fraction of sp³-hybridized carbons (Fsp3) is 0.118. The summed E-state index contributed by atoms with van der Waals surface area (Å²) in [5.41, 5.74) is 0.512. The van der Waals surface area contributed by atoms with Gasteiger partial charge in [0.2, 0.25) is 0 Å². The van der Waals surface area contributed by atoms with E-state index in [1.54, 1.807) is 16.9 Å². The van der Waals surface area contributed by atoms with Gasteiger partial charge in [0, 0.05) is 6.08 Å². The number of nitrogens with one attached hydrogen (secondary N) is 1. The van der Waals surface area contributed by atoms with Gasteiger partial charge in [0.25, 0.3) is 15.9 Å². The third-order valence-electron chi connectivity index (χ3n) is 3.41. The van der Waals surface area contributed by atoms with Gasteiger partial charge in [-0.1, -0.05) is 23.7 Å². The summed E-state index contributed by atoms with van der Waals surface area (Å²) in [6.07, 6.45) is 2.36. The molecule has 0 radical (unpaired) electrons. The number of rotatable bonds is 4. The summed E-state index contributed by atoms with van der Waals surface area (Å²) in [5.74, 6) is -1.03. The van der Waals surface area contributed by atoms with Crippen LogP contribution >= 0.6 is 11.6 Å². The Labute approximate surface area is 154 Å². The fourth-order valence-corrected chi connectivity index (χ4v) is 3.58. The van der Waals surface area contributed by atoms with E-state index in [1.165, 1.54) is 18.2 Å². The van der Waals surface area contributed by atoms with Gasteiger partial charge in [-0.15, -0.1) is 0 Å². The highest BCUT2D eigenvalue weighted by atomic mass is 35.5. The van der Waals surface area contributed by atoms with Crippen LogP contribution in [-0.2, 0) is 14.8 Å². The third kappa shape index (κ3) is 3.97. The predicted molar refractivity (Wildman–Crippen MR) is 93.2 cm³/mol. The van der Waals surface area contributed by atoms with Crippen LogP contribution in [0.3, 0.4) is 0 Å². The van der Waals surface area contributed by atoms with E-state index >= 15 is 0 Å². The molecule has 9 heteroatoms. The molecule has 0 aromatic heterocycles. The van der Waals surface area contributed by atoms with Crippen molar-refractivity contribution in [3.63, 3.8) is 0 Å². The Hall–Kier alpha value is -2.58. The number of carbonyl (C=O) groups excluding carboxylic acids is 1. The molecular formula is C17H13ClFNO5S. The van der Waals surface area contributed by atoms with Crippen molar-refractivity contribution in [1.29, 1.82) is 0 Å². The smallest absolute Gasteiger partial charge is 0.267 e. The lowest BCUT2D eigenvalue weighted by Crippen LogP contribution is -2.29. The molecule has 0 fully saturated rings. The number of hydrogen-bond donors (Lipinski definition) is 1. The van der Waals surface area contributed by atoms with Crippen molar-refractivity contribution < 1.29 is 27.1 Å². The monoisotopic (exact) mass is 397 g/mol. The molecule has 3 rings (SSSR count). The minimum atomic E-state index is -4.31. The number of fused-ring (bicyclic) bond motifs is 1. The second-order valence-corrected chi connectivity index (χ2v) is 7.32. The Morgan fingerprint density at radius 1 is 1.19 bits per heavy atom. The van der Waals surface area contributed by atoms with Crippen molar-refractivity contribution in [2.75, 3.05) is 13.2 Å². The molecule has 1 N–H and O–H groups in total. The standard InChI is InChI=1S/C17H13ClFNO5S/c18-12-9-11(10-14-17(12)25-8-7-24-14)5-6-16(21)20-26(22,23)15-4-2-1-3-13(15)19/h1-6,9-10H,7-8H2,(H,20,21). The maximum atomic E-state index is 13.6. The number of benzene rings is 2. The number of hydrogen-bond acceptors (Lipinski definition) is 5. The first-order valence-electron chi connectivity index (χ1n) is 7.45. The molecule has 0 unspecified atom stereocenters. The maximum absolute atomic E-state index is 13.6. The molecule has 0 bridgehead atoms. The molecule has 1 aliphatic rings. The molecular weight excluding hydrogens is 385 g/mol. The van der Waals surface area contributed by atoms with E-state index in [1.807, 2.05) is 0 Å². The summed E-state index contributed by atoms with van der Waals surface area (Å²) >= 11 is 6.09. The first kappa shape index (κ1) is 18.2. The van der Waals surface area contributed by atoms with Crippen molar-refractivity contribution in [3.05, 3.63) is 58.9 Å². The first-order valence-corrected chi connectivity index (χ1v) is 9.31. The molecule has 1 amide bonds. The minimum absolute atomic E-state index is 0.307. The van der Waals surface area contributed by atoms with Crippen LogP contribution in [0.15, 0.2) is 47.4 Å². The molecule has 1 aliphatic heterocycles. The Bertz CT molecular complexity index is 991. The van der Waals surface area contributed by atoms with Gasteiger partial charge in [-0.25, -0.2) is 17.5 Å². The van der Waals surface area contributed by atoms with Crippen LogP contribution in [0.25, 0.3) is 6.08 Å². The van der Waals surface area contributed by atoms with Gasteiger partial charge < -0.3 is 9.47 Å². The highest BCUT2D eigenvalue weighted by molar-refractivity contribution is 7.90. The average molecular weight is 398 g/mol. The molecule has 1 heterocycles. The van der Waals surface area contributed by atoms with Crippen molar-refractivity contribution >= 4 is 33.6 Å². The Morgan fingerprint density at radius 2 is 1.92 bits per heavy atom. The lowest BCUT2D eigenvalue weighted by atomic mass is 10.2. The summed E-state index contributed by atoms with van der Waals surface area (Å²) in [7, 11) is -4.31. The lowest BCUT2D eigenvalue weighted by Gasteiger charge is -2.19. The van der Waals surface area contributed by atoms with Gasteiger partial charge in [0.15, 0.2) is 11.5 Å². The summed E-state index contributed by atoms with van der Waals surface area (Å²) in [4.78, 5) is 11.3. The van der Waals surface area contributed by atoms with Crippen LogP contribution < -0.4 is 14.2 Å². The first-order chi connectivity index (χ1) is 12.4. The van der Waals surface area contributed by atoms with Gasteiger partial charge in [-0.05, 0) is 35.9 Å². The largest absolute Gasteiger partial charge is 0.486 e. The van der Waals surface area contributed by atoms with Crippen LogP contribution in [0, 0.1) is 5.82 Å². The van der Waals surface area contributed by atoms with Gasteiger partial charge in [-0.2, -0.15) is 0 Å². The summed E-state index contributed by atoms with van der Waals surface area (Å²) in [6, 6.07) is 7.91. The zero-order valence-corrected chi connectivity index (χ0v) is 14.8. The lowest BCUT2D eigenvalue weighted by molar-refractivity contribution is -0.114. The number of ether oxygens (including phenoxy) is 2. The normalized spacial score (nSPS) is 13.6. The number of halogens is 2. The van der Waals surface area contributed by atoms with Crippen molar-refractivity contribution in [1.82, 2.24) is 4.72 Å². The molecule has 0 atom stereocenters. The van der Waals surface area contributed by atoms with Crippen molar-refractivity contribution in [2.45, 2.75) is 4.90 Å². The van der Waals surface area contributed by atoms with E-state index in [9.17, 15) is 17.6 Å². The number of sulfonamides is 1. The predicted octanol–water partition coefficient (Wildman–Crippen LogP) is 2.77. The Morgan fingerprint density at radius 3 is 2.69 bits per heavy atom.